The molecule has 0 aliphatic carbocycles. The number of hydrogen-bond donors (Lipinski definition) is 2. The van der Waals surface area contributed by atoms with Crippen molar-refractivity contribution in [3.63, 3.8) is 0 Å². The maximum Gasteiger partial charge on any atom is 0.244 e. The summed E-state index contributed by atoms with van der Waals surface area (Å²) in [5.41, 5.74) is -0.0687. The predicted molar refractivity (Wildman–Crippen MR) is 88.9 cm³/mol. The molecule has 0 saturated carbocycles. The summed E-state index contributed by atoms with van der Waals surface area (Å²) in [7, 11) is 0. The van der Waals surface area contributed by atoms with Gasteiger partial charge in [0.2, 0.25) is 5.91 Å². The molecule has 2 heterocycles. The molecule has 1 aromatic carbocycles. The Morgan fingerprint density at radius 1 is 1.12 bits per heavy atom. The van der Waals surface area contributed by atoms with Gasteiger partial charge in [0.05, 0.1) is 25.3 Å². The summed E-state index contributed by atoms with van der Waals surface area (Å²) in [6, 6.07) is 14.5. The first-order valence-electron chi connectivity index (χ1n) is 7.48. The Balaban J connectivity index is 1.71. The second-order valence-electron chi connectivity index (χ2n) is 5.31. The van der Waals surface area contributed by atoms with Crippen LogP contribution in [0.2, 0.25) is 0 Å². The van der Waals surface area contributed by atoms with Crippen molar-refractivity contribution in [3.8, 4) is 0 Å². The van der Waals surface area contributed by atoms with E-state index in [1.54, 1.807) is 24.3 Å². The molecule has 3 aromatic rings. The van der Waals surface area contributed by atoms with Gasteiger partial charge < -0.3 is 19.3 Å². The lowest BCUT2D eigenvalue weighted by Gasteiger charge is -2.24. The van der Waals surface area contributed by atoms with Gasteiger partial charge in [0.1, 0.15) is 5.76 Å². The van der Waals surface area contributed by atoms with Crippen LogP contribution in [0.5, 0.6) is 0 Å². The fraction of sp³-hybridized carbons (Fsp3) is 0.105. The molecule has 5 nitrogen and oxygen atoms in total. The molecule has 122 valence electrons. The molecule has 3 rings (SSSR count). The fourth-order valence-corrected chi connectivity index (χ4v) is 2.36. The number of carbonyl (C=O) groups excluding carboxylic acids is 1. The van der Waals surface area contributed by atoms with Crippen molar-refractivity contribution in [2.45, 2.75) is 5.60 Å². The SMILES string of the molecule is O=C(/C=C/c1ccccc1)NC[C@@](O)(c1ccoc1)c1ccco1. The normalized spacial score (nSPS) is 13.7. The minimum Gasteiger partial charge on any atom is -0.472 e. The molecule has 0 aliphatic heterocycles. The van der Waals surface area contributed by atoms with E-state index in [0.717, 1.165) is 5.56 Å². The van der Waals surface area contributed by atoms with E-state index in [2.05, 4.69) is 5.32 Å². The number of aliphatic hydroxyl groups is 1. The molecular formula is C19H17NO4. The highest BCUT2D eigenvalue weighted by atomic mass is 16.4. The van der Waals surface area contributed by atoms with Crippen LogP contribution in [0.15, 0.2) is 82.2 Å². The van der Waals surface area contributed by atoms with Gasteiger partial charge in [-0.2, -0.15) is 0 Å². The Morgan fingerprint density at radius 2 is 1.96 bits per heavy atom. The van der Waals surface area contributed by atoms with E-state index in [1.165, 1.54) is 24.9 Å². The smallest absolute Gasteiger partial charge is 0.244 e. The van der Waals surface area contributed by atoms with E-state index in [1.807, 2.05) is 30.3 Å². The van der Waals surface area contributed by atoms with Crippen molar-refractivity contribution < 1.29 is 18.7 Å². The third-order valence-electron chi connectivity index (χ3n) is 3.67. The Morgan fingerprint density at radius 3 is 2.62 bits per heavy atom. The van der Waals surface area contributed by atoms with Crippen LogP contribution < -0.4 is 5.32 Å². The average Bonchev–Trinajstić information content (AvgIpc) is 3.32. The first-order chi connectivity index (χ1) is 11.7. The van der Waals surface area contributed by atoms with Crippen LogP contribution in [-0.2, 0) is 10.4 Å². The molecule has 0 spiro atoms. The molecule has 1 atom stereocenters. The highest BCUT2D eigenvalue weighted by Crippen LogP contribution is 2.29. The number of carbonyl (C=O) groups is 1. The van der Waals surface area contributed by atoms with Gasteiger partial charge in [-0.05, 0) is 29.8 Å². The van der Waals surface area contributed by atoms with Crippen LogP contribution in [0.3, 0.4) is 0 Å². The van der Waals surface area contributed by atoms with Crippen molar-refractivity contribution in [2.75, 3.05) is 6.54 Å². The summed E-state index contributed by atoms with van der Waals surface area (Å²) in [5.74, 6) is 0.0172. The van der Waals surface area contributed by atoms with Gasteiger partial charge in [-0.1, -0.05) is 30.3 Å². The number of benzene rings is 1. The van der Waals surface area contributed by atoms with Crippen LogP contribution in [0.25, 0.3) is 6.08 Å². The summed E-state index contributed by atoms with van der Waals surface area (Å²) in [6.07, 6.45) is 7.48. The topological polar surface area (TPSA) is 75.6 Å². The van der Waals surface area contributed by atoms with Crippen LogP contribution >= 0.6 is 0 Å². The van der Waals surface area contributed by atoms with Gasteiger partial charge in [0, 0.05) is 11.6 Å². The molecule has 2 N–H and O–H groups in total. The first-order valence-corrected chi connectivity index (χ1v) is 7.48. The van der Waals surface area contributed by atoms with E-state index in [-0.39, 0.29) is 12.5 Å². The Labute approximate surface area is 139 Å². The van der Waals surface area contributed by atoms with Gasteiger partial charge in [-0.3, -0.25) is 4.79 Å². The summed E-state index contributed by atoms with van der Waals surface area (Å²) in [4.78, 5) is 12.0. The zero-order valence-corrected chi connectivity index (χ0v) is 12.9. The Bertz CT molecular complexity index is 755. The largest absolute Gasteiger partial charge is 0.472 e. The minimum atomic E-state index is -1.49. The average molecular weight is 323 g/mol. The molecule has 1 amide bonds. The summed E-state index contributed by atoms with van der Waals surface area (Å²) >= 11 is 0. The van der Waals surface area contributed by atoms with E-state index >= 15 is 0 Å². The number of furan rings is 2. The highest BCUT2D eigenvalue weighted by molar-refractivity contribution is 5.91. The van der Waals surface area contributed by atoms with Crippen molar-refractivity contribution in [2.24, 2.45) is 0 Å². The van der Waals surface area contributed by atoms with Crippen LogP contribution in [0.1, 0.15) is 16.9 Å². The van der Waals surface area contributed by atoms with Gasteiger partial charge >= 0.3 is 0 Å². The predicted octanol–water partition coefficient (Wildman–Crippen LogP) is 2.94. The maximum absolute atomic E-state index is 12.0. The zero-order chi connectivity index (χ0) is 16.8. The second kappa shape index (κ2) is 7.02. The minimum absolute atomic E-state index is 0.0436. The molecule has 0 bridgehead atoms. The van der Waals surface area contributed by atoms with Crippen LogP contribution in [0, 0.1) is 0 Å². The van der Waals surface area contributed by atoms with Crippen LogP contribution in [-0.4, -0.2) is 17.6 Å². The lowest BCUT2D eigenvalue weighted by Crippen LogP contribution is -2.40. The lowest BCUT2D eigenvalue weighted by atomic mass is 9.93. The fourth-order valence-electron chi connectivity index (χ4n) is 2.36. The second-order valence-corrected chi connectivity index (χ2v) is 5.31. The van der Waals surface area contributed by atoms with Crippen molar-refractivity contribution >= 4 is 12.0 Å². The van der Waals surface area contributed by atoms with Crippen molar-refractivity contribution in [1.82, 2.24) is 5.32 Å². The summed E-state index contributed by atoms with van der Waals surface area (Å²) in [5, 5.41) is 13.7. The van der Waals surface area contributed by atoms with Crippen molar-refractivity contribution in [1.29, 1.82) is 0 Å². The molecule has 0 fully saturated rings. The van der Waals surface area contributed by atoms with Crippen LogP contribution in [0.4, 0.5) is 0 Å². The van der Waals surface area contributed by atoms with E-state index in [9.17, 15) is 9.90 Å². The van der Waals surface area contributed by atoms with Gasteiger partial charge in [-0.25, -0.2) is 0 Å². The third kappa shape index (κ3) is 3.47. The monoisotopic (exact) mass is 323 g/mol. The number of nitrogens with one attached hydrogen (secondary N) is 1. The zero-order valence-electron chi connectivity index (χ0n) is 12.9. The van der Waals surface area contributed by atoms with Crippen molar-refractivity contribution in [3.05, 3.63) is 90.3 Å². The van der Waals surface area contributed by atoms with E-state index in [0.29, 0.717) is 11.3 Å². The molecule has 5 heteroatoms. The van der Waals surface area contributed by atoms with E-state index in [4.69, 9.17) is 8.83 Å². The molecule has 0 aliphatic rings. The molecule has 0 unspecified atom stereocenters. The first kappa shape index (κ1) is 15.8. The van der Waals surface area contributed by atoms with Gasteiger partial charge in [0.15, 0.2) is 5.60 Å². The number of rotatable bonds is 6. The number of hydrogen-bond acceptors (Lipinski definition) is 4. The lowest BCUT2D eigenvalue weighted by molar-refractivity contribution is -0.117. The quantitative estimate of drug-likeness (QED) is 0.684. The maximum atomic E-state index is 12.0. The van der Waals surface area contributed by atoms with E-state index < -0.39 is 5.60 Å². The molecule has 24 heavy (non-hydrogen) atoms. The molecule has 2 aromatic heterocycles. The highest BCUT2D eigenvalue weighted by Gasteiger charge is 2.35. The molecular weight excluding hydrogens is 306 g/mol. The third-order valence-corrected chi connectivity index (χ3v) is 3.67. The molecule has 0 radical (unpaired) electrons. The van der Waals surface area contributed by atoms with Gasteiger partial charge in [-0.15, -0.1) is 0 Å². The summed E-state index contributed by atoms with van der Waals surface area (Å²) < 4.78 is 10.4. The summed E-state index contributed by atoms with van der Waals surface area (Å²) in [6.45, 7) is -0.0436. The Hall–Kier alpha value is -3.05. The van der Waals surface area contributed by atoms with Gasteiger partial charge in [0.25, 0.3) is 0 Å². The standard InChI is InChI=1S/C19H17NO4/c21-18(9-8-15-5-2-1-3-6-15)20-14-19(22,16-10-12-23-13-16)17-7-4-11-24-17/h1-13,22H,14H2,(H,20,21)/b9-8+/t19-/m1/s1. The number of amides is 1. The Kier molecular flexibility index (Phi) is 4.63. The molecule has 0 saturated heterocycles.